The molecular weight excluding hydrogens is 262 g/mol. The van der Waals surface area contributed by atoms with Crippen molar-refractivity contribution in [3.05, 3.63) is 52.3 Å². The molecule has 0 spiro atoms. The molecule has 1 amide bonds. The standard InChI is InChI=1S/C14H14ClN3O/c1-8-5-9(2)12(16)6-11(8)14(19)18-10-3-4-13(15)17-7-10/h3-7H,16H2,1-2H3,(H,18,19). The van der Waals surface area contributed by atoms with E-state index in [1.54, 1.807) is 18.2 Å². The molecule has 0 aliphatic heterocycles. The Labute approximate surface area is 116 Å². The highest BCUT2D eigenvalue weighted by Gasteiger charge is 2.11. The largest absolute Gasteiger partial charge is 0.398 e. The monoisotopic (exact) mass is 275 g/mol. The van der Waals surface area contributed by atoms with Crippen molar-refractivity contribution >= 4 is 28.9 Å². The normalized spacial score (nSPS) is 10.3. The Bertz CT molecular complexity index is 623. The minimum Gasteiger partial charge on any atom is -0.398 e. The van der Waals surface area contributed by atoms with Crippen molar-refractivity contribution in [1.82, 2.24) is 4.98 Å². The summed E-state index contributed by atoms with van der Waals surface area (Å²) >= 11 is 5.69. The first kappa shape index (κ1) is 13.4. The molecule has 19 heavy (non-hydrogen) atoms. The van der Waals surface area contributed by atoms with Crippen molar-refractivity contribution < 1.29 is 4.79 Å². The Morgan fingerprint density at radius 3 is 2.63 bits per heavy atom. The van der Waals surface area contributed by atoms with Gasteiger partial charge in [0.2, 0.25) is 0 Å². The van der Waals surface area contributed by atoms with Crippen molar-refractivity contribution in [3.8, 4) is 0 Å². The van der Waals surface area contributed by atoms with Gasteiger partial charge in [-0.15, -0.1) is 0 Å². The van der Waals surface area contributed by atoms with Crippen LogP contribution in [0.15, 0.2) is 30.5 Å². The summed E-state index contributed by atoms with van der Waals surface area (Å²) in [6.45, 7) is 3.79. The van der Waals surface area contributed by atoms with E-state index in [-0.39, 0.29) is 5.91 Å². The number of aryl methyl sites for hydroxylation is 2. The number of anilines is 2. The van der Waals surface area contributed by atoms with Crippen LogP contribution in [-0.2, 0) is 0 Å². The lowest BCUT2D eigenvalue weighted by molar-refractivity contribution is 0.102. The zero-order chi connectivity index (χ0) is 14.0. The lowest BCUT2D eigenvalue weighted by Crippen LogP contribution is -2.14. The second kappa shape index (κ2) is 5.28. The molecule has 0 atom stereocenters. The third-order valence-corrected chi connectivity index (χ3v) is 3.07. The van der Waals surface area contributed by atoms with Gasteiger partial charge in [0.25, 0.3) is 5.91 Å². The molecule has 0 aliphatic carbocycles. The molecule has 0 fully saturated rings. The van der Waals surface area contributed by atoms with Gasteiger partial charge in [0.05, 0.1) is 11.9 Å². The fourth-order valence-corrected chi connectivity index (χ4v) is 1.87. The van der Waals surface area contributed by atoms with Gasteiger partial charge in [0.15, 0.2) is 0 Å². The summed E-state index contributed by atoms with van der Waals surface area (Å²) in [6.07, 6.45) is 1.51. The number of nitrogens with one attached hydrogen (secondary N) is 1. The molecule has 1 aromatic carbocycles. The van der Waals surface area contributed by atoms with E-state index >= 15 is 0 Å². The molecule has 98 valence electrons. The summed E-state index contributed by atoms with van der Waals surface area (Å²) in [6, 6.07) is 6.89. The zero-order valence-corrected chi connectivity index (χ0v) is 11.5. The van der Waals surface area contributed by atoms with Crippen LogP contribution in [0.2, 0.25) is 5.15 Å². The molecule has 3 N–H and O–H groups in total. The second-order valence-corrected chi connectivity index (χ2v) is 4.73. The van der Waals surface area contributed by atoms with Crippen LogP contribution < -0.4 is 11.1 Å². The quantitative estimate of drug-likeness (QED) is 0.653. The number of nitrogens with two attached hydrogens (primary N) is 1. The third kappa shape index (κ3) is 3.03. The Kier molecular flexibility index (Phi) is 3.71. The van der Waals surface area contributed by atoms with Crippen molar-refractivity contribution in [3.63, 3.8) is 0 Å². The van der Waals surface area contributed by atoms with Crippen molar-refractivity contribution in [2.45, 2.75) is 13.8 Å². The number of hydrogen-bond acceptors (Lipinski definition) is 3. The van der Waals surface area contributed by atoms with E-state index in [4.69, 9.17) is 17.3 Å². The first-order valence-electron chi connectivity index (χ1n) is 5.77. The summed E-state index contributed by atoms with van der Waals surface area (Å²) in [7, 11) is 0. The van der Waals surface area contributed by atoms with Gasteiger partial charge >= 0.3 is 0 Å². The van der Waals surface area contributed by atoms with Crippen LogP contribution in [0.25, 0.3) is 0 Å². The molecular formula is C14H14ClN3O. The molecule has 1 aromatic heterocycles. The van der Waals surface area contributed by atoms with E-state index in [1.807, 2.05) is 19.9 Å². The van der Waals surface area contributed by atoms with Gasteiger partial charge in [-0.3, -0.25) is 4.79 Å². The van der Waals surface area contributed by atoms with E-state index in [0.29, 0.717) is 22.1 Å². The third-order valence-electron chi connectivity index (χ3n) is 2.84. The van der Waals surface area contributed by atoms with E-state index in [1.165, 1.54) is 6.20 Å². The number of aromatic nitrogens is 1. The number of amides is 1. The van der Waals surface area contributed by atoms with Crippen LogP contribution in [0.5, 0.6) is 0 Å². The SMILES string of the molecule is Cc1cc(C)c(C(=O)Nc2ccc(Cl)nc2)cc1N. The van der Waals surface area contributed by atoms with Crippen LogP contribution in [0.1, 0.15) is 21.5 Å². The van der Waals surface area contributed by atoms with Crippen molar-refractivity contribution in [2.75, 3.05) is 11.1 Å². The maximum absolute atomic E-state index is 12.2. The van der Waals surface area contributed by atoms with Gasteiger partial charge in [-0.25, -0.2) is 4.98 Å². The lowest BCUT2D eigenvalue weighted by Gasteiger charge is -2.10. The molecule has 0 bridgehead atoms. The number of nitrogens with zero attached hydrogens (tertiary/aromatic N) is 1. The van der Waals surface area contributed by atoms with Gasteiger partial charge in [0.1, 0.15) is 5.15 Å². The van der Waals surface area contributed by atoms with Gasteiger partial charge in [-0.2, -0.15) is 0 Å². The minimum atomic E-state index is -0.215. The van der Waals surface area contributed by atoms with E-state index in [2.05, 4.69) is 10.3 Å². The first-order valence-corrected chi connectivity index (χ1v) is 6.15. The summed E-state index contributed by atoms with van der Waals surface area (Å²) in [5, 5.41) is 3.14. The van der Waals surface area contributed by atoms with Crippen molar-refractivity contribution in [2.24, 2.45) is 0 Å². The molecule has 0 radical (unpaired) electrons. The number of rotatable bonds is 2. The Morgan fingerprint density at radius 1 is 1.26 bits per heavy atom. The Morgan fingerprint density at radius 2 is 2.00 bits per heavy atom. The number of benzene rings is 1. The average Bonchev–Trinajstić information content (AvgIpc) is 2.36. The second-order valence-electron chi connectivity index (χ2n) is 4.35. The van der Waals surface area contributed by atoms with Crippen LogP contribution in [-0.4, -0.2) is 10.9 Å². The van der Waals surface area contributed by atoms with E-state index in [0.717, 1.165) is 11.1 Å². The average molecular weight is 276 g/mol. The van der Waals surface area contributed by atoms with Crippen LogP contribution in [0.3, 0.4) is 0 Å². The number of hydrogen-bond donors (Lipinski definition) is 2. The number of halogens is 1. The van der Waals surface area contributed by atoms with Crippen LogP contribution in [0.4, 0.5) is 11.4 Å². The summed E-state index contributed by atoms with van der Waals surface area (Å²) in [5.41, 5.74) is 9.42. The summed E-state index contributed by atoms with van der Waals surface area (Å²) in [4.78, 5) is 16.1. The predicted octanol–water partition coefficient (Wildman–Crippen LogP) is 3.19. The molecule has 2 rings (SSSR count). The number of carbonyl (C=O) groups is 1. The maximum Gasteiger partial charge on any atom is 0.256 e. The smallest absolute Gasteiger partial charge is 0.256 e. The molecule has 2 aromatic rings. The van der Waals surface area contributed by atoms with Crippen molar-refractivity contribution in [1.29, 1.82) is 0 Å². The summed E-state index contributed by atoms with van der Waals surface area (Å²) < 4.78 is 0. The molecule has 1 heterocycles. The topological polar surface area (TPSA) is 68.0 Å². The van der Waals surface area contributed by atoms with E-state index < -0.39 is 0 Å². The highest BCUT2D eigenvalue weighted by atomic mass is 35.5. The zero-order valence-electron chi connectivity index (χ0n) is 10.7. The van der Waals surface area contributed by atoms with E-state index in [9.17, 15) is 4.79 Å². The summed E-state index contributed by atoms with van der Waals surface area (Å²) in [5.74, 6) is -0.215. The molecule has 5 heteroatoms. The highest BCUT2D eigenvalue weighted by Crippen LogP contribution is 2.19. The molecule has 0 aliphatic rings. The highest BCUT2D eigenvalue weighted by molar-refractivity contribution is 6.29. The van der Waals surface area contributed by atoms with Gasteiger partial charge in [-0.05, 0) is 43.2 Å². The molecule has 0 unspecified atom stereocenters. The Hall–Kier alpha value is -2.07. The number of carbonyl (C=O) groups excluding carboxylic acids is 1. The number of nitrogen functional groups attached to an aromatic ring is 1. The molecule has 0 saturated carbocycles. The van der Waals surface area contributed by atoms with Crippen LogP contribution in [0, 0.1) is 13.8 Å². The van der Waals surface area contributed by atoms with Crippen LogP contribution >= 0.6 is 11.6 Å². The minimum absolute atomic E-state index is 0.215. The molecule has 4 nitrogen and oxygen atoms in total. The number of pyridine rings is 1. The lowest BCUT2D eigenvalue weighted by atomic mass is 10.0. The van der Waals surface area contributed by atoms with Gasteiger partial charge < -0.3 is 11.1 Å². The fourth-order valence-electron chi connectivity index (χ4n) is 1.76. The Balaban J connectivity index is 2.25. The predicted molar refractivity (Wildman–Crippen MR) is 77.5 cm³/mol. The fraction of sp³-hybridized carbons (Fsp3) is 0.143. The molecule has 0 saturated heterocycles. The first-order chi connectivity index (χ1) is 8.97. The van der Waals surface area contributed by atoms with Gasteiger partial charge in [-0.1, -0.05) is 17.7 Å². The maximum atomic E-state index is 12.2. The van der Waals surface area contributed by atoms with Gasteiger partial charge in [0, 0.05) is 11.3 Å².